The molecule has 3 heterocycles. The van der Waals surface area contributed by atoms with Crippen LogP contribution >= 0.6 is 0 Å². The second-order valence-electron chi connectivity index (χ2n) is 7.71. The van der Waals surface area contributed by atoms with Crippen LogP contribution in [0.2, 0.25) is 0 Å². The molecule has 2 amide bonds. The summed E-state index contributed by atoms with van der Waals surface area (Å²) < 4.78 is 3.26. The number of hydrogen-bond acceptors (Lipinski definition) is 5. The fraction of sp³-hybridized carbons (Fsp3) is 0.409. The second kappa shape index (κ2) is 9.55. The number of likely N-dealkylation sites (tertiary alicyclic amines) is 1. The molecule has 31 heavy (non-hydrogen) atoms. The average molecular weight is 422 g/mol. The van der Waals surface area contributed by atoms with Gasteiger partial charge in [0.1, 0.15) is 6.33 Å². The van der Waals surface area contributed by atoms with E-state index in [1.54, 1.807) is 10.9 Å². The van der Waals surface area contributed by atoms with E-state index < -0.39 is 0 Å². The zero-order valence-corrected chi connectivity index (χ0v) is 17.4. The summed E-state index contributed by atoms with van der Waals surface area (Å²) in [6.07, 6.45) is 5.65. The van der Waals surface area contributed by atoms with Gasteiger partial charge in [-0.05, 0) is 18.4 Å². The van der Waals surface area contributed by atoms with Gasteiger partial charge >= 0.3 is 0 Å². The number of hydrogen-bond donors (Lipinski definition) is 1. The average Bonchev–Trinajstić information content (AvgIpc) is 3.39. The quantitative estimate of drug-likeness (QED) is 0.522. The number of aromatic nitrogens is 4. The summed E-state index contributed by atoms with van der Waals surface area (Å²) in [4.78, 5) is 46.9. The van der Waals surface area contributed by atoms with Gasteiger partial charge in [0.25, 0.3) is 5.56 Å². The van der Waals surface area contributed by atoms with Crippen LogP contribution in [-0.2, 0) is 22.7 Å². The van der Waals surface area contributed by atoms with Crippen LogP contribution in [-0.4, -0.2) is 55.5 Å². The number of imidazole rings is 1. The van der Waals surface area contributed by atoms with Crippen molar-refractivity contribution in [3.8, 4) is 0 Å². The standard InChI is InChI=1S/C22H26N6O3/c29-18(23-10-5-12-26-11-4-8-19(26)30)9-13-27-15-24-20-21(27)25-16-28(22(20)31)14-17-6-2-1-3-7-17/h1-3,6-7,15-16H,4-5,8-14H2,(H,23,29). The summed E-state index contributed by atoms with van der Waals surface area (Å²) in [5.41, 5.74) is 1.59. The lowest BCUT2D eigenvalue weighted by Crippen LogP contribution is -2.31. The molecule has 1 aliphatic heterocycles. The van der Waals surface area contributed by atoms with Crippen molar-refractivity contribution >= 4 is 23.0 Å². The third-order valence-electron chi connectivity index (χ3n) is 5.47. The Morgan fingerprint density at radius 3 is 2.61 bits per heavy atom. The van der Waals surface area contributed by atoms with E-state index in [4.69, 9.17) is 0 Å². The van der Waals surface area contributed by atoms with Crippen molar-refractivity contribution in [2.45, 2.75) is 38.8 Å². The van der Waals surface area contributed by atoms with Crippen LogP contribution in [0.15, 0.2) is 47.8 Å². The molecule has 0 bridgehead atoms. The monoisotopic (exact) mass is 422 g/mol. The highest BCUT2D eigenvalue weighted by Gasteiger charge is 2.19. The van der Waals surface area contributed by atoms with Gasteiger partial charge in [-0.3, -0.25) is 19.0 Å². The fourth-order valence-electron chi connectivity index (χ4n) is 3.78. The topological polar surface area (TPSA) is 102 Å². The van der Waals surface area contributed by atoms with Gasteiger partial charge in [-0.2, -0.15) is 0 Å². The van der Waals surface area contributed by atoms with Gasteiger partial charge in [-0.1, -0.05) is 30.3 Å². The van der Waals surface area contributed by atoms with E-state index in [9.17, 15) is 14.4 Å². The molecule has 1 aliphatic rings. The maximum atomic E-state index is 12.7. The van der Waals surface area contributed by atoms with Gasteiger partial charge in [-0.25, -0.2) is 9.97 Å². The first-order valence-electron chi connectivity index (χ1n) is 10.6. The Bertz CT molecular complexity index is 1120. The number of nitrogens with zero attached hydrogens (tertiary/aromatic N) is 5. The van der Waals surface area contributed by atoms with Crippen molar-refractivity contribution in [3.63, 3.8) is 0 Å². The smallest absolute Gasteiger partial charge is 0.281 e. The number of amides is 2. The molecular weight excluding hydrogens is 396 g/mol. The van der Waals surface area contributed by atoms with Gasteiger partial charge in [0.05, 0.1) is 12.9 Å². The Balaban J connectivity index is 1.29. The molecule has 0 radical (unpaired) electrons. The van der Waals surface area contributed by atoms with E-state index in [2.05, 4.69) is 15.3 Å². The molecule has 162 valence electrons. The first-order chi connectivity index (χ1) is 15.1. The third kappa shape index (κ3) is 4.99. The fourth-order valence-corrected chi connectivity index (χ4v) is 3.78. The minimum Gasteiger partial charge on any atom is -0.356 e. The minimum absolute atomic E-state index is 0.0768. The highest BCUT2D eigenvalue weighted by atomic mass is 16.2. The molecule has 2 aromatic heterocycles. The molecule has 0 aliphatic carbocycles. The van der Waals surface area contributed by atoms with E-state index in [-0.39, 0.29) is 23.8 Å². The molecule has 9 nitrogen and oxygen atoms in total. The first kappa shape index (κ1) is 20.8. The molecular formula is C22H26N6O3. The lowest BCUT2D eigenvalue weighted by molar-refractivity contribution is -0.127. The van der Waals surface area contributed by atoms with Crippen LogP contribution in [0.25, 0.3) is 11.2 Å². The van der Waals surface area contributed by atoms with E-state index in [1.165, 1.54) is 10.9 Å². The molecule has 1 N–H and O–H groups in total. The molecule has 3 aromatic rings. The summed E-state index contributed by atoms with van der Waals surface area (Å²) in [5.74, 6) is 0.126. The first-order valence-corrected chi connectivity index (χ1v) is 10.6. The van der Waals surface area contributed by atoms with Gasteiger partial charge in [0.2, 0.25) is 11.8 Å². The molecule has 1 aromatic carbocycles. The number of nitrogens with one attached hydrogen (secondary N) is 1. The lowest BCUT2D eigenvalue weighted by Gasteiger charge is -2.15. The zero-order chi connectivity index (χ0) is 21.6. The molecule has 0 spiro atoms. The van der Waals surface area contributed by atoms with Crippen LogP contribution in [0.5, 0.6) is 0 Å². The van der Waals surface area contributed by atoms with Crippen molar-refractivity contribution in [1.82, 2.24) is 29.3 Å². The minimum atomic E-state index is -0.200. The SMILES string of the molecule is O=C(CCn1cnc2c(=O)n(Cc3ccccc3)cnc21)NCCCN1CCCC1=O. The zero-order valence-electron chi connectivity index (χ0n) is 17.4. The van der Waals surface area contributed by atoms with Crippen molar-refractivity contribution in [1.29, 1.82) is 0 Å². The molecule has 0 unspecified atom stereocenters. The van der Waals surface area contributed by atoms with Crippen LogP contribution in [0, 0.1) is 0 Å². The van der Waals surface area contributed by atoms with Gasteiger partial charge in [0, 0.05) is 39.0 Å². The Labute approximate surface area is 179 Å². The molecule has 4 rings (SSSR count). The van der Waals surface area contributed by atoms with E-state index in [1.807, 2.05) is 35.2 Å². The molecule has 1 saturated heterocycles. The Hall–Kier alpha value is -3.49. The number of fused-ring (bicyclic) bond motifs is 1. The van der Waals surface area contributed by atoms with Crippen LogP contribution in [0.4, 0.5) is 0 Å². The lowest BCUT2D eigenvalue weighted by atomic mass is 10.2. The largest absolute Gasteiger partial charge is 0.356 e. The van der Waals surface area contributed by atoms with Gasteiger partial charge < -0.3 is 14.8 Å². The van der Waals surface area contributed by atoms with Gasteiger partial charge in [-0.15, -0.1) is 0 Å². The van der Waals surface area contributed by atoms with Crippen molar-refractivity contribution in [2.24, 2.45) is 0 Å². The number of benzene rings is 1. The van der Waals surface area contributed by atoms with Gasteiger partial charge in [0.15, 0.2) is 11.2 Å². The third-order valence-corrected chi connectivity index (χ3v) is 5.47. The summed E-state index contributed by atoms with van der Waals surface area (Å²) >= 11 is 0. The Kier molecular flexibility index (Phi) is 6.40. The molecule has 1 fully saturated rings. The number of carbonyl (C=O) groups excluding carboxylic acids is 2. The number of carbonyl (C=O) groups is 2. The van der Waals surface area contributed by atoms with Crippen LogP contribution in [0.1, 0.15) is 31.2 Å². The number of rotatable bonds is 9. The van der Waals surface area contributed by atoms with E-state index >= 15 is 0 Å². The Morgan fingerprint density at radius 2 is 1.84 bits per heavy atom. The van der Waals surface area contributed by atoms with E-state index in [0.29, 0.717) is 43.8 Å². The van der Waals surface area contributed by atoms with Crippen LogP contribution < -0.4 is 10.9 Å². The Morgan fingerprint density at radius 1 is 1.03 bits per heavy atom. The normalized spacial score (nSPS) is 13.8. The highest BCUT2D eigenvalue weighted by Crippen LogP contribution is 2.10. The predicted molar refractivity (Wildman–Crippen MR) is 115 cm³/mol. The number of aryl methyl sites for hydroxylation is 1. The summed E-state index contributed by atoms with van der Waals surface area (Å²) in [6, 6.07) is 9.70. The van der Waals surface area contributed by atoms with E-state index in [0.717, 1.165) is 24.9 Å². The summed E-state index contributed by atoms with van der Waals surface area (Å²) in [5, 5.41) is 2.88. The molecule has 0 saturated carbocycles. The van der Waals surface area contributed by atoms with Crippen LogP contribution in [0.3, 0.4) is 0 Å². The summed E-state index contributed by atoms with van der Waals surface area (Å²) in [7, 11) is 0. The van der Waals surface area contributed by atoms with Crippen molar-refractivity contribution < 1.29 is 9.59 Å². The summed E-state index contributed by atoms with van der Waals surface area (Å²) in [6.45, 7) is 2.86. The maximum absolute atomic E-state index is 12.7. The maximum Gasteiger partial charge on any atom is 0.281 e. The molecule has 0 atom stereocenters. The predicted octanol–water partition coefficient (Wildman–Crippen LogP) is 1.16. The second-order valence-corrected chi connectivity index (χ2v) is 7.71. The van der Waals surface area contributed by atoms with Crippen molar-refractivity contribution in [2.75, 3.05) is 19.6 Å². The molecule has 9 heteroatoms. The van der Waals surface area contributed by atoms with Crippen molar-refractivity contribution in [3.05, 3.63) is 58.9 Å². The highest BCUT2D eigenvalue weighted by molar-refractivity contribution is 5.78.